The summed E-state index contributed by atoms with van der Waals surface area (Å²) >= 11 is 0. The Kier molecular flexibility index (Phi) is 7.74. The summed E-state index contributed by atoms with van der Waals surface area (Å²) in [5.41, 5.74) is 1.11. The molecule has 140 valence electrons. The van der Waals surface area contributed by atoms with E-state index in [-0.39, 0.29) is 5.91 Å². The number of carbonyl (C=O) groups excluding carboxylic acids is 1. The molecule has 0 bridgehead atoms. The van der Waals surface area contributed by atoms with Crippen LogP contribution in [0.25, 0.3) is 0 Å². The normalized spacial score (nSPS) is 10.4. The number of benzene rings is 1. The smallest absolute Gasteiger partial charge is 0.251 e. The van der Waals surface area contributed by atoms with Crippen LogP contribution in [0.2, 0.25) is 0 Å². The van der Waals surface area contributed by atoms with E-state index in [1.165, 1.54) is 6.20 Å². The highest BCUT2D eigenvalue weighted by molar-refractivity contribution is 5.94. The van der Waals surface area contributed by atoms with Crippen molar-refractivity contribution < 1.29 is 19.0 Å². The minimum atomic E-state index is -0.209. The van der Waals surface area contributed by atoms with Gasteiger partial charge in [0.25, 0.3) is 5.91 Å². The van der Waals surface area contributed by atoms with Crippen LogP contribution < -0.4 is 19.5 Å². The van der Waals surface area contributed by atoms with Gasteiger partial charge in [0.15, 0.2) is 23.4 Å². The van der Waals surface area contributed by atoms with Gasteiger partial charge in [0, 0.05) is 24.2 Å². The Labute approximate surface area is 154 Å². The van der Waals surface area contributed by atoms with Crippen molar-refractivity contribution in [2.45, 2.75) is 32.6 Å². The number of nitrogens with one attached hydrogen (secondary N) is 1. The molecule has 0 fully saturated rings. The van der Waals surface area contributed by atoms with Crippen molar-refractivity contribution in [3.05, 3.63) is 59.1 Å². The van der Waals surface area contributed by atoms with Crippen LogP contribution in [0.15, 0.2) is 42.6 Å². The lowest BCUT2D eigenvalue weighted by Gasteiger charge is -2.12. The summed E-state index contributed by atoms with van der Waals surface area (Å²) in [6, 6.07) is 10.3. The minimum Gasteiger partial charge on any atom is -0.619 e. The predicted octanol–water partition coefficient (Wildman–Crippen LogP) is 2.87. The number of aromatic nitrogens is 1. The molecule has 0 aliphatic rings. The molecule has 1 amide bonds. The van der Waals surface area contributed by atoms with Gasteiger partial charge in [-0.15, -0.1) is 0 Å². The highest BCUT2D eigenvalue weighted by Crippen LogP contribution is 2.28. The van der Waals surface area contributed by atoms with Gasteiger partial charge in [-0.1, -0.05) is 25.8 Å². The zero-order chi connectivity index (χ0) is 18.8. The molecule has 0 aliphatic heterocycles. The van der Waals surface area contributed by atoms with Crippen LogP contribution in [-0.2, 0) is 6.42 Å². The Morgan fingerprint density at radius 3 is 2.77 bits per heavy atom. The van der Waals surface area contributed by atoms with Gasteiger partial charge in [-0.2, -0.15) is 4.73 Å². The van der Waals surface area contributed by atoms with E-state index < -0.39 is 0 Å². The fraction of sp³-hybridized carbons (Fsp3) is 0.400. The van der Waals surface area contributed by atoms with Gasteiger partial charge >= 0.3 is 0 Å². The monoisotopic (exact) mass is 358 g/mol. The fourth-order valence-electron chi connectivity index (χ4n) is 2.53. The number of amides is 1. The summed E-state index contributed by atoms with van der Waals surface area (Å²) in [6.07, 6.45) is 5.09. The maximum atomic E-state index is 12.4. The van der Waals surface area contributed by atoms with Crippen LogP contribution in [0.4, 0.5) is 0 Å². The second-order valence-electron chi connectivity index (χ2n) is 5.94. The summed E-state index contributed by atoms with van der Waals surface area (Å²) in [5.74, 6) is 0.964. The number of hydrogen-bond donors (Lipinski definition) is 1. The second-order valence-corrected chi connectivity index (χ2v) is 5.94. The molecule has 0 radical (unpaired) electrons. The number of pyridine rings is 1. The van der Waals surface area contributed by atoms with E-state index in [2.05, 4.69) is 12.2 Å². The van der Waals surface area contributed by atoms with Crippen molar-refractivity contribution in [3.63, 3.8) is 0 Å². The van der Waals surface area contributed by atoms with E-state index in [1.807, 2.05) is 0 Å². The molecule has 1 heterocycles. The third kappa shape index (κ3) is 5.65. The molecule has 26 heavy (non-hydrogen) atoms. The first-order valence-corrected chi connectivity index (χ1v) is 8.91. The Bertz CT molecular complexity index is 719. The molecule has 0 atom stereocenters. The number of nitrogens with zero attached hydrogens (tertiary/aromatic N) is 1. The highest BCUT2D eigenvalue weighted by Gasteiger charge is 2.12. The average molecular weight is 358 g/mol. The van der Waals surface area contributed by atoms with E-state index >= 15 is 0 Å². The van der Waals surface area contributed by atoms with Crippen molar-refractivity contribution >= 4 is 5.91 Å². The summed E-state index contributed by atoms with van der Waals surface area (Å²) in [6.45, 7) is 3.10. The SMILES string of the molecule is CCCCCOc1cc(C(=O)NCCc2cccc[n+]2[O-])ccc1OC. The third-order valence-electron chi connectivity index (χ3n) is 4.00. The first kappa shape index (κ1) is 19.6. The van der Waals surface area contributed by atoms with E-state index in [4.69, 9.17) is 9.47 Å². The van der Waals surface area contributed by atoms with Crippen LogP contribution in [0.1, 0.15) is 42.2 Å². The van der Waals surface area contributed by atoms with Gasteiger partial charge in [0.1, 0.15) is 0 Å². The standard InChI is InChI=1S/C20H26N2O4/c1-3-4-7-14-26-19-15-16(9-10-18(19)25-2)20(23)21-12-11-17-8-5-6-13-22(17)24/h5-6,8-10,13,15H,3-4,7,11-12,14H2,1-2H3,(H,21,23). The first-order chi connectivity index (χ1) is 12.7. The summed E-state index contributed by atoms with van der Waals surface area (Å²) in [5, 5.41) is 14.4. The highest BCUT2D eigenvalue weighted by atomic mass is 16.5. The summed E-state index contributed by atoms with van der Waals surface area (Å²) < 4.78 is 11.9. The van der Waals surface area contributed by atoms with Gasteiger partial charge in [-0.25, -0.2) is 0 Å². The zero-order valence-corrected chi connectivity index (χ0v) is 15.4. The Morgan fingerprint density at radius 1 is 1.19 bits per heavy atom. The quantitative estimate of drug-likeness (QED) is 0.403. The number of unbranched alkanes of at least 4 members (excludes halogenated alkanes) is 2. The fourth-order valence-corrected chi connectivity index (χ4v) is 2.53. The van der Waals surface area contributed by atoms with E-state index in [9.17, 15) is 10.0 Å². The average Bonchev–Trinajstić information content (AvgIpc) is 2.66. The van der Waals surface area contributed by atoms with Crippen LogP contribution >= 0.6 is 0 Å². The molecule has 2 rings (SSSR count). The number of rotatable bonds is 10. The van der Waals surface area contributed by atoms with Crippen LogP contribution in [-0.4, -0.2) is 26.2 Å². The lowest BCUT2D eigenvalue weighted by atomic mass is 10.2. The van der Waals surface area contributed by atoms with Crippen LogP contribution in [0, 0.1) is 5.21 Å². The van der Waals surface area contributed by atoms with E-state index in [0.717, 1.165) is 24.0 Å². The van der Waals surface area contributed by atoms with Crippen LogP contribution in [0.3, 0.4) is 0 Å². The molecule has 0 spiro atoms. The largest absolute Gasteiger partial charge is 0.619 e. The Hall–Kier alpha value is -2.76. The van der Waals surface area contributed by atoms with Crippen molar-refractivity contribution in [1.29, 1.82) is 0 Å². The molecular weight excluding hydrogens is 332 g/mol. The Balaban J connectivity index is 1.94. The maximum Gasteiger partial charge on any atom is 0.251 e. The molecule has 1 N–H and O–H groups in total. The second kappa shape index (κ2) is 10.3. The molecule has 1 aromatic heterocycles. The van der Waals surface area contributed by atoms with Gasteiger partial charge in [0.2, 0.25) is 0 Å². The summed E-state index contributed by atoms with van der Waals surface area (Å²) in [7, 11) is 1.58. The molecule has 1 aromatic carbocycles. The molecule has 2 aromatic rings. The van der Waals surface area contributed by atoms with E-state index in [1.54, 1.807) is 43.5 Å². The molecule has 6 heteroatoms. The third-order valence-corrected chi connectivity index (χ3v) is 4.00. The van der Waals surface area contributed by atoms with Gasteiger partial charge in [-0.05, 0) is 24.6 Å². The van der Waals surface area contributed by atoms with Gasteiger partial charge in [0.05, 0.1) is 20.1 Å². The number of methoxy groups -OCH3 is 1. The predicted molar refractivity (Wildman–Crippen MR) is 99.5 cm³/mol. The topological polar surface area (TPSA) is 74.5 Å². The summed E-state index contributed by atoms with van der Waals surface area (Å²) in [4.78, 5) is 12.4. The first-order valence-electron chi connectivity index (χ1n) is 8.91. The van der Waals surface area contributed by atoms with Gasteiger partial charge < -0.3 is 20.0 Å². The Morgan fingerprint density at radius 2 is 2.04 bits per heavy atom. The van der Waals surface area contributed by atoms with Crippen molar-refractivity contribution in [3.8, 4) is 11.5 Å². The number of carbonyl (C=O) groups is 1. The van der Waals surface area contributed by atoms with Crippen molar-refractivity contribution in [1.82, 2.24) is 5.32 Å². The van der Waals surface area contributed by atoms with Crippen molar-refractivity contribution in [2.75, 3.05) is 20.3 Å². The van der Waals surface area contributed by atoms with Crippen molar-refractivity contribution in [2.24, 2.45) is 0 Å². The molecule has 0 aliphatic carbocycles. The molecule has 6 nitrogen and oxygen atoms in total. The zero-order valence-electron chi connectivity index (χ0n) is 15.4. The van der Waals surface area contributed by atoms with Crippen LogP contribution in [0.5, 0.6) is 11.5 Å². The molecular formula is C20H26N2O4. The lowest BCUT2D eigenvalue weighted by Crippen LogP contribution is -2.34. The number of ether oxygens (including phenoxy) is 2. The van der Waals surface area contributed by atoms with E-state index in [0.29, 0.717) is 42.3 Å². The maximum absolute atomic E-state index is 12.4. The minimum absolute atomic E-state index is 0.209. The number of hydrogen-bond acceptors (Lipinski definition) is 4. The molecule has 0 unspecified atom stereocenters. The molecule has 0 saturated carbocycles. The molecule has 0 saturated heterocycles. The van der Waals surface area contributed by atoms with Gasteiger partial charge in [-0.3, -0.25) is 4.79 Å². The lowest BCUT2D eigenvalue weighted by molar-refractivity contribution is -0.613.